The van der Waals surface area contributed by atoms with Crippen molar-refractivity contribution >= 4 is 5.91 Å². The Bertz CT molecular complexity index is 464. The fraction of sp³-hybridized carbons (Fsp3) is 0.533. The Kier molecular flexibility index (Phi) is 6.30. The predicted molar refractivity (Wildman–Crippen MR) is 81.2 cm³/mol. The first-order chi connectivity index (χ1) is 9.94. The predicted octanol–water partition coefficient (Wildman–Crippen LogP) is 1.45. The highest BCUT2D eigenvalue weighted by Gasteiger charge is 2.20. The molecule has 1 aromatic rings. The van der Waals surface area contributed by atoms with Gasteiger partial charge in [0.1, 0.15) is 0 Å². The third-order valence-electron chi connectivity index (χ3n) is 3.24. The Morgan fingerprint density at radius 3 is 2.00 bits per heavy atom. The minimum absolute atomic E-state index is 0.00241. The lowest BCUT2D eigenvalue weighted by Gasteiger charge is -2.26. The third kappa shape index (κ3) is 4.26. The lowest BCUT2D eigenvalue weighted by molar-refractivity contribution is -0.119. The largest absolute Gasteiger partial charge is 0.493 e. The van der Waals surface area contributed by atoms with Crippen molar-refractivity contribution in [3.05, 3.63) is 17.7 Å². The summed E-state index contributed by atoms with van der Waals surface area (Å²) in [7, 11) is 8.64. The van der Waals surface area contributed by atoms with E-state index >= 15 is 0 Å². The molecule has 1 rings (SSSR count). The summed E-state index contributed by atoms with van der Waals surface area (Å²) in [5, 5.41) is 2.84. The summed E-state index contributed by atoms with van der Waals surface area (Å²) in [6.07, 6.45) is 0. The van der Waals surface area contributed by atoms with Gasteiger partial charge in [-0.3, -0.25) is 4.79 Å². The Morgan fingerprint density at radius 2 is 1.67 bits per heavy atom. The Balaban J connectivity index is 3.21. The molecule has 0 spiro atoms. The molecule has 118 valence electrons. The van der Waals surface area contributed by atoms with Gasteiger partial charge in [-0.05, 0) is 31.8 Å². The van der Waals surface area contributed by atoms with Gasteiger partial charge in [0.2, 0.25) is 11.7 Å². The number of carbonyl (C=O) groups is 1. The van der Waals surface area contributed by atoms with Crippen LogP contribution in [0.4, 0.5) is 0 Å². The molecule has 0 aliphatic heterocycles. The highest BCUT2D eigenvalue weighted by atomic mass is 16.5. The van der Waals surface area contributed by atoms with E-state index in [1.807, 2.05) is 31.1 Å². The topological polar surface area (TPSA) is 60.0 Å². The van der Waals surface area contributed by atoms with E-state index in [2.05, 4.69) is 5.32 Å². The lowest BCUT2D eigenvalue weighted by Crippen LogP contribution is -2.33. The molecule has 0 aliphatic carbocycles. The first-order valence-electron chi connectivity index (χ1n) is 6.65. The first-order valence-corrected chi connectivity index (χ1v) is 6.65. The van der Waals surface area contributed by atoms with Gasteiger partial charge >= 0.3 is 0 Å². The number of hydrogen-bond acceptors (Lipinski definition) is 5. The van der Waals surface area contributed by atoms with Gasteiger partial charge in [-0.15, -0.1) is 0 Å². The van der Waals surface area contributed by atoms with Crippen LogP contribution in [0.25, 0.3) is 0 Å². The normalized spacial score (nSPS) is 12.0. The molecule has 1 aromatic carbocycles. The molecule has 0 aromatic heterocycles. The van der Waals surface area contributed by atoms with E-state index < -0.39 is 0 Å². The molecule has 0 fully saturated rings. The van der Waals surface area contributed by atoms with Crippen LogP contribution in [-0.2, 0) is 4.79 Å². The number of likely N-dealkylation sites (N-methyl/N-ethyl adjacent to an activating group) is 1. The summed E-state index contributed by atoms with van der Waals surface area (Å²) in [6, 6.07) is 3.80. The summed E-state index contributed by atoms with van der Waals surface area (Å²) >= 11 is 0. The molecule has 0 heterocycles. The average molecular weight is 296 g/mol. The van der Waals surface area contributed by atoms with Crippen molar-refractivity contribution in [2.45, 2.75) is 13.0 Å². The standard InChI is InChI=1S/C15H24N2O4/c1-10(18)16-9-12(17(2)3)11-7-13(19-4)15(21-6)14(8-11)20-5/h7-8,12H,9H2,1-6H3,(H,16,18). The molecule has 6 heteroatoms. The van der Waals surface area contributed by atoms with Crippen LogP contribution in [0, 0.1) is 0 Å². The number of nitrogens with zero attached hydrogens (tertiary/aromatic N) is 1. The molecular weight excluding hydrogens is 272 g/mol. The second-order valence-corrected chi connectivity index (χ2v) is 4.88. The van der Waals surface area contributed by atoms with E-state index in [9.17, 15) is 4.79 Å². The smallest absolute Gasteiger partial charge is 0.216 e. The number of carbonyl (C=O) groups excluding carboxylic acids is 1. The number of hydrogen-bond donors (Lipinski definition) is 1. The van der Waals surface area contributed by atoms with E-state index in [0.29, 0.717) is 23.8 Å². The van der Waals surface area contributed by atoms with Crippen molar-refractivity contribution in [1.82, 2.24) is 10.2 Å². The molecular formula is C15H24N2O4. The van der Waals surface area contributed by atoms with Gasteiger partial charge in [0.15, 0.2) is 11.5 Å². The monoisotopic (exact) mass is 296 g/mol. The average Bonchev–Trinajstić information content (AvgIpc) is 2.45. The molecule has 1 unspecified atom stereocenters. The van der Waals surface area contributed by atoms with Gasteiger partial charge in [-0.25, -0.2) is 0 Å². The van der Waals surface area contributed by atoms with Gasteiger partial charge in [0.25, 0.3) is 0 Å². The molecule has 0 aliphatic rings. The first kappa shape index (κ1) is 17.1. The Hall–Kier alpha value is -1.95. The third-order valence-corrected chi connectivity index (χ3v) is 3.24. The molecule has 1 N–H and O–H groups in total. The lowest BCUT2D eigenvalue weighted by atomic mass is 10.0. The quantitative estimate of drug-likeness (QED) is 0.825. The highest BCUT2D eigenvalue weighted by Crippen LogP contribution is 2.40. The number of rotatable bonds is 7. The maximum Gasteiger partial charge on any atom is 0.216 e. The van der Waals surface area contributed by atoms with Gasteiger partial charge < -0.3 is 24.4 Å². The van der Waals surface area contributed by atoms with Crippen LogP contribution in [-0.4, -0.2) is 52.8 Å². The minimum Gasteiger partial charge on any atom is -0.493 e. The Labute approximate surface area is 126 Å². The van der Waals surface area contributed by atoms with Crippen LogP contribution < -0.4 is 19.5 Å². The summed E-state index contributed by atoms with van der Waals surface area (Å²) in [5.74, 6) is 1.69. The zero-order valence-electron chi connectivity index (χ0n) is 13.5. The summed E-state index contributed by atoms with van der Waals surface area (Å²) in [6.45, 7) is 2.00. The van der Waals surface area contributed by atoms with Crippen molar-refractivity contribution in [3.63, 3.8) is 0 Å². The number of benzene rings is 1. The van der Waals surface area contributed by atoms with Crippen LogP contribution in [0.3, 0.4) is 0 Å². The van der Waals surface area contributed by atoms with E-state index in [4.69, 9.17) is 14.2 Å². The SMILES string of the molecule is COc1cc(C(CNC(C)=O)N(C)C)cc(OC)c1OC. The fourth-order valence-corrected chi connectivity index (χ4v) is 2.13. The van der Waals surface area contributed by atoms with Crippen LogP contribution in [0.5, 0.6) is 17.2 Å². The van der Waals surface area contributed by atoms with E-state index in [1.165, 1.54) is 6.92 Å². The van der Waals surface area contributed by atoms with Crippen molar-refractivity contribution in [1.29, 1.82) is 0 Å². The molecule has 6 nitrogen and oxygen atoms in total. The van der Waals surface area contributed by atoms with Crippen LogP contribution in [0.2, 0.25) is 0 Å². The minimum atomic E-state index is -0.0608. The van der Waals surface area contributed by atoms with Crippen LogP contribution >= 0.6 is 0 Å². The van der Waals surface area contributed by atoms with Gasteiger partial charge in [0.05, 0.1) is 27.4 Å². The van der Waals surface area contributed by atoms with Crippen molar-refractivity contribution in [2.75, 3.05) is 42.0 Å². The summed E-state index contributed by atoms with van der Waals surface area (Å²) in [4.78, 5) is 13.2. The number of methoxy groups -OCH3 is 3. The van der Waals surface area contributed by atoms with Crippen LogP contribution in [0.1, 0.15) is 18.5 Å². The van der Waals surface area contributed by atoms with Crippen molar-refractivity contribution < 1.29 is 19.0 Å². The molecule has 21 heavy (non-hydrogen) atoms. The number of ether oxygens (including phenoxy) is 3. The molecule has 1 amide bonds. The summed E-state index contributed by atoms with van der Waals surface area (Å²) in [5.41, 5.74) is 0.975. The number of amides is 1. The molecule has 0 bridgehead atoms. The fourth-order valence-electron chi connectivity index (χ4n) is 2.13. The zero-order valence-corrected chi connectivity index (χ0v) is 13.5. The maximum atomic E-state index is 11.1. The molecule has 1 atom stereocenters. The van der Waals surface area contributed by atoms with Crippen LogP contribution in [0.15, 0.2) is 12.1 Å². The molecule has 0 saturated heterocycles. The van der Waals surface area contributed by atoms with Crippen molar-refractivity contribution in [2.24, 2.45) is 0 Å². The zero-order chi connectivity index (χ0) is 16.0. The second kappa shape index (κ2) is 7.73. The van der Waals surface area contributed by atoms with E-state index in [1.54, 1.807) is 21.3 Å². The molecule has 0 saturated carbocycles. The molecule has 0 radical (unpaired) electrons. The second-order valence-electron chi connectivity index (χ2n) is 4.88. The highest BCUT2D eigenvalue weighted by molar-refractivity contribution is 5.72. The van der Waals surface area contributed by atoms with Gasteiger partial charge in [-0.2, -0.15) is 0 Å². The van der Waals surface area contributed by atoms with Crippen molar-refractivity contribution in [3.8, 4) is 17.2 Å². The maximum absolute atomic E-state index is 11.1. The van der Waals surface area contributed by atoms with Gasteiger partial charge in [0, 0.05) is 13.5 Å². The van der Waals surface area contributed by atoms with E-state index in [-0.39, 0.29) is 11.9 Å². The number of nitrogens with one attached hydrogen (secondary N) is 1. The van der Waals surface area contributed by atoms with Gasteiger partial charge in [-0.1, -0.05) is 0 Å². The summed E-state index contributed by atoms with van der Waals surface area (Å²) < 4.78 is 16.0. The van der Waals surface area contributed by atoms with E-state index in [0.717, 1.165) is 5.56 Å². The Morgan fingerprint density at radius 1 is 1.14 bits per heavy atom.